The SMILES string of the molecule is Cl.Cl.O=C(NCCCn1ccnc1)[C@]1(Cc2ccccc2)C[C@@H]2CC[C@H]1N2. The van der Waals surface area contributed by atoms with Gasteiger partial charge in [0.2, 0.25) is 5.91 Å². The molecule has 2 saturated heterocycles. The molecule has 4 rings (SSSR count). The fraction of sp³-hybridized carbons (Fsp3) is 0.500. The molecule has 2 aliphatic heterocycles. The van der Waals surface area contributed by atoms with Gasteiger partial charge < -0.3 is 15.2 Å². The zero-order valence-corrected chi connectivity index (χ0v) is 17.0. The Morgan fingerprint density at radius 1 is 1.26 bits per heavy atom. The third-order valence-electron chi connectivity index (χ3n) is 5.77. The lowest BCUT2D eigenvalue weighted by Gasteiger charge is -2.35. The summed E-state index contributed by atoms with van der Waals surface area (Å²) in [6.45, 7) is 1.60. The summed E-state index contributed by atoms with van der Waals surface area (Å²) in [5.41, 5.74) is 0.963. The minimum atomic E-state index is -0.292. The van der Waals surface area contributed by atoms with Gasteiger partial charge in [-0.05, 0) is 37.7 Å². The average molecular weight is 411 g/mol. The van der Waals surface area contributed by atoms with Crippen LogP contribution < -0.4 is 10.6 Å². The maximum Gasteiger partial charge on any atom is 0.228 e. The Morgan fingerprint density at radius 3 is 2.70 bits per heavy atom. The van der Waals surface area contributed by atoms with Crippen LogP contribution in [0.3, 0.4) is 0 Å². The summed E-state index contributed by atoms with van der Waals surface area (Å²) < 4.78 is 2.05. The molecule has 3 atom stereocenters. The van der Waals surface area contributed by atoms with Gasteiger partial charge in [0.1, 0.15) is 0 Å². The van der Waals surface area contributed by atoms with E-state index in [2.05, 4.69) is 39.9 Å². The van der Waals surface area contributed by atoms with E-state index >= 15 is 0 Å². The summed E-state index contributed by atoms with van der Waals surface area (Å²) in [6, 6.07) is 11.3. The number of carbonyl (C=O) groups excluding carboxylic acids is 1. The Balaban J connectivity index is 0.00000131. The van der Waals surface area contributed by atoms with Crippen molar-refractivity contribution in [2.24, 2.45) is 5.41 Å². The zero-order chi connectivity index (χ0) is 17.1. The van der Waals surface area contributed by atoms with Crippen LogP contribution in [-0.2, 0) is 17.8 Å². The van der Waals surface area contributed by atoms with Crippen LogP contribution in [0.4, 0.5) is 0 Å². The van der Waals surface area contributed by atoms with Gasteiger partial charge in [-0.2, -0.15) is 0 Å². The zero-order valence-electron chi connectivity index (χ0n) is 15.3. The quantitative estimate of drug-likeness (QED) is 0.689. The van der Waals surface area contributed by atoms with Gasteiger partial charge in [0.15, 0.2) is 0 Å². The summed E-state index contributed by atoms with van der Waals surface area (Å²) in [7, 11) is 0. The first-order valence-corrected chi connectivity index (χ1v) is 9.30. The minimum absolute atomic E-state index is 0. The molecule has 0 saturated carbocycles. The normalized spacial score (nSPS) is 25.5. The molecule has 2 fully saturated rings. The second-order valence-electron chi connectivity index (χ2n) is 7.43. The summed E-state index contributed by atoms with van der Waals surface area (Å²) in [5, 5.41) is 6.88. The Kier molecular flexibility index (Phi) is 7.71. The summed E-state index contributed by atoms with van der Waals surface area (Å²) in [5.74, 6) is 0.224. The van der Waals surface area contributed by atoms with Gasteiger partial charge >= 0.3 is 0 Å². The van der Waals surface area contributed by atoms with Crippen LogP contribution in [0.25, 0.3) is 0 Å². The number of benzene rings is 1. The maximum atomic E-state index is 13.2. The fourth-order valence-corrected chi connectivity index (χ4v) is 4.54. The molecule has 1 aromatic carbocycles. The van der Waals surface area contributed by atoms with Crippen LogP contribution in [0, 0.1) is 5.41 Å². The molecule has 5 nitrogen and oxygen atoms in total. The third-order valence-corrected chi connectivity index (χ3v) is 5.77. The molecule has 3 heterocycles. The molecule has 0 unspecified atom stereocenters. The number of hydrogen-bond acceptors (Lipinski definition) is 3. The Bertz CT molecular complexity index is 710. The highest BCUT2D eigenvalue weighted by atomic mass is 35.5. The van der Waals surface area contributed by atoms with Crippen molar-refractivity contribution in [3.63, 3.8) is 0 Å². The first-order chi connectivity index (χ1) is 12.3. The summed E-state index contributed by atoms with van der Waals surface area (Å²) in [6.07, 6.45) is 10.6. The number of carbonyl (C=O) groups is 1. The first kappa shape index (κ1) is 21.7. The van der Waals surface area contributed by atoms with E-state index in [0.29, 0.717) is 18.6 Å². The molecular weight excluding hydrogens is 383 g/mol. The predicted octanol–water partition coefficient (Wildman–Crippen LogP) is 2.99. The highest BCUT2D eigenvalue weighted by Gasteiger charge is 2.55. The molecular formula is C20H28Cl2N4O. The van der Waals surface area contributed by atoms with Gasteiger partial charge in [-0.1, -0.05) is 30.3 Å². The molecule has 1 aromatic heterocycles. The van der Waals surface area contributed by atoms with Crippen molar-refractivity contribution >= 4 is 30.7 Å². The van der Waals surface area contributed by atoms with Crippen LogP contribution in [0.1, 0.15) is 31.2 Å². The molecule has 27 heavy (non-hydrogen) atoms. The summed E-state index contributed by atoms with van der Waals surface area (Å²) >= 11 is 0. The van der Waals surface area contributed by atoms with Crippen molar-refractivity contribution in [1.29, 1.82) is 0 Å². The Labute approximate surface area is 173 Å². The van der Waals surface area contributed by atoms with Crippen molar-refractivity contribution in [2.75, 3.05) is 6.54 Å². The molecule has 2 bridgehead atoms. The van der Waals surface area contributed by atoms with Crippen molar-refractivity contribution in [3.05, 3.63) is 54.6 Å². The van der Waals surface area contributed by atoms with E-state index in [4.69, 9.17) is 0 Å². The number of hydrogen-bond donors (Lipinski definition) is 2. The Hall–Kier alpha value is -1.56. The number of rotatable bonds is 7. The van der Waals surface area contributed by atoms with Crippen LogP contribution in [-0.4, -0.2) is 34.1 Å². The lowest BCUT2D eigenvalue weighted by molar-refractivity contribution is -0.132. The van der Waals surface area contributed by atoms with Gasteiger partial charge in [0.25, 0.3) is 0 Å². The van der Waals surface area contributed by atoms with Crippen LogP contribution in [0.15, 0.2) is 49.1 Å². The third kappa shape index (κ3) is 4.65. The van der Waals surface area contributed by atoms with Gasteiger partial charge in [0, 0.05) is 37.6 Å². The van der Waals surface area contributed by atoms with E-state index in [1.54, 1.807) is 6.20 Å². The first-order valence-electron chi connectivity index (χ1n) is 9.30. The lowest BCUT2D eigenvalue weighted by atomic mass is 9.69. The highest BCUT2D eigenvalue weighted by Crippen LogP contribution is 2.45. The Morgan fingerprint density at radius 2 is 2.07 bits per heavy atom. The number of nitrogens with one attached hydrogen (secondary N) is 2. The number of aromatic nitrogens is 2. The number of aryl methyl sites for hydroxylation is 1. The number of nitrogens with zero attached hydrogens (tertiary/aromatic N) is 2. The highest BCUT2D eigenvalue weighted by molar-refractivity contribution is 5.86. The number of fused-ring (bicyclic) bond motifs is 2. The minimum Gasteiger partial charge on any atom is -0.355 e. The van der Waals surface area contributed by atoms with E-state index in [1.807, 2.05) is 23.2 Å². The second-order valence-corrected chi connectivity index (χ2v) is 7.43. The number of halogens is 2. The number of amides is 1. The smallest absolute Gasteiger partial charge is 0.228 e. The van der Waals surface area contributed by atoms with Crippen molar-refractivity contribution < 1.29 is 4.79 Å². The molecule has 0 aliphatic carbocycles. The van der Waals surface area contributed by atoms with Gasteiger partial charge in [0.05, 0.1) is 11.7 Å². The maximum absolute atomic E-state index is 13.2. The predicted molar refractivity (Wildman–Crippen MR) is 111 cm³/mol. The van der Waals surface area contributed by atoms with Crippen LogP contribution in [0.5, 0.6) is 0 Å². The fourth-order valence-electron chi connectivity index (χ4n) is 4.54. The van der Waals surface area contributed by atoms with E-state index in [0.717, 1.165) is 32.2 Å². The standard InChI is InChI=1S/C20H26N4O.2ClH/c25-19(22-9-4-11-24-12-10-21-15-24)20(13-16-5-2-1-3-6-16)14-17-7-8-18(20)23-17;;/h1-3,5-6,10,12,15,17-18,23H,4,7-9,11,13-14H2,(H,22,25);2*1H/t17-,18+,20+;;/m0../s1. The monoisotopic (exact) mass is 410 g/mol. The van der Waals surface area contributed by atoms with Crippen molar-refractivity contribution in [1.82, 2.24) is 20.2 Å². The number of imidazole rings is 1. The molecule has 2 aromatic rings. The largest absolute Gasteiger partial charge is 0.355 e. The van der Waals surface area contributed by atoms with Crippen LogP contribution in [0.2, 0.25) is 0 Å². The molecule has 0 radical (unpaired) electrons. The lowest BCUT2D eigenvalue weighted by Crippen LogP contribution is -2.50. The van der Waals surface area contributed by atoms with Gasteiger partial charge in [-0.3, -0.25) is 4.79 Å². The van der Waals surface area contributed by atoms with Gasteiger partial charge in [-0.25, -0.2) is 4.98 Å². The molecule has 1 amide bonds. The van der Waals surface area contributed by atoms with Gasteiger partial charge in [-0.15, -0.1) is 24.8 Å². The van der Waals surface area contributed by atoms with E-state index < -0.39 is 0 Å². The topological polar surface area (TPSA) is 59.0 Å². The molecule has 7 heteroatoms. The van der Waals surface area contributed by atoms with E-state index in [1.165, 1.54) is 12.0 Å². The van der Waals surface area contributed by atoms with Crippen molar-refractivity contribution in [3.8, 4) is 0 Å². The van der Waals surface area contributed by atoms with Crippen LogP contribution >= 0.6 is 24.8 Å². The molecule has 2 N–H and O–H groups in total. The van der Waals surface area contributed by atoms with Crippen molar-refractivity contribution in [2.45, 2.75) is 50.7 Å². The average Bonchev–Trinajstić information content (AvgIpc) is 3.37. The molecule has 0 spiro atoms. The second kappa shape index (κ2) is 9.58. The molecule has 2 aliphatic rings. The summed E-state index contributed by atoms with van der Waals surface area (Å²) in [4.78, 5) is 17.2. The molecule has 148 valence electrons. The van der Waals surface area contributed by atoms with E-state index in [-0.39, 0.29) is 36.1 Å². The van der Waals surface area contributed by atoms with E-state index in [9.17, 15) is 4.79 Å².